The summed E-state index contributed by atoms with van der Waals surface area (Å²) in [4.78, 5) is 6.79. The first kappa shape index (κ1) is 22.4. The van der Waals surface area contributed by atoms with Gasteiger partial charge in [-0.15, -0.1) is 22.6 Å². The molecule has 2 aliphatic rings. The number of aromatic nitrogens is 4. The summed E-state index contributed by atoms with van der Waals surface area (Å²) >= 11 is 12.3. The van der Waals surface area contributed by atoms with Gasteiger partial charge in [0.1, 0.15) is 5.82 Å². The van der Waals surface area contributed by atoms with Gasteiger partial charge in [0.15, 0.2) is 0 Å². The van der Waals surface area contributed by atoms with Crippen molar-refractivity contribution in [1.82, 2.24) is 19.7 Å². The summed E-state index contributed by atoms with van der Waals surface area (Å²) < 4.78 is 2.21. The second-order valence-corrected chi connectivity index (χ2v) is 9.39. The number of nitrogens with zero attached hydrogens (tertiary/aromatic N) is 5. The number of halogens is 3. The van der Waals surface area contributed by atoms with Crippen LogP contribution in [0, 0.1) is 5.92 Å². The third-order valence-electron chi connectivity index (χ3n) is 6.62. The summed E-state index contributed by atoms with van der Waals surface area (Å²) in [6.45, 7) is 1.94. The van der Waals surface area contributed by atoms with E-state index in [0.717, 1.165) is 62.7 Å². The van der Waals surface area contributed by atoms with Crippen LogP contribution in [0.3, 0.4) is 0 Å². The molecule has 0 spiro atoms. The molecule has 1 saturated heterocycles. The van der Waals surface area contributed by atoms with E-state index in [1.807, 2.05) is 0 Å². The smallest absolute Gasteiger partial charge is 0.226 e. The molecule has 8 heteroatoms. The van der Waals surface area contributed by atoms with Crippen LogP contribution in [0.25, 0.3) is 0 Å². The lowest BCUT2D eigenvalue weighted by Crippen LogP contribution is -2.36. The van der Waals surface area contributed by atoms with E-state index >= 15 is 0 Å². The Labute approximate surface area is 199 Å². The molecule has 0 radical (unpaired) electrons. The number of benzene rings is 1. The van der Waals surface area contributed by atoms with Gasteiger partial charge in [-0.25, -0.2) is 0 Å². The van der Waals surface area contributed by atoms with E-state index in [1.54, 1.807) is 12.3 Å². The van der Waals surface area contributed by atoms with Crippen molar-refractivity contribution in [2.75, 3.05) is 18.0 Å². The van der Waals surface area contributed by atoms with Gasteiger partial charge in [0.2, 0.25) is 5.95 Å². The Bertz CT molecular complexity index is 1040. The third kappa shape index (κ3) is 4.28. The van der Waals surface area contributed by atoms with Crippen molar-refractivity contribution in [3.63, 3.8) is 0 Å². The van der Waals surface area contributed by atoms with Crippen LogP contribution in [0.15, 0.2) is 42.6 Å². The van der Waals surface area contributed by atoms with E-state index in [2.05, 4.69) is 62.0 Å². The molecule has 0 unspecified atom stereocenters. The van der Waals surface area contributed by atoms with Crippen LogP contribution in [0.2, 0.25) is 10.0 Å². The first-order valence-corrected chi connectivity index (χ1v) is 11.3. The number of hydrogen-bond acceptors (Lipinski definition) is 4. The molecule has 3 heterocycles. The first-order valence-electron chi connectivity index (χ1n) is 10.6. The zero-order valence-electron chi connectivity index (χ0n) is 17.5. The molecule has 1 aromatic carbocycles. The zero-order valence-corrected chi connectivity index (χ0v) is 19.8. The quantitative estimate of drug-likeness (QED) is 0.487. The fourth-order valence-corrected chi connectivity index (χ4v) is 5.20. The van der Waals surface area contributed by atoms with Gasteiger partial charge in [-0.05, 0) is 49.7 Å². The second kappa shape index (κ2) is 8.97. The van der Waals surface area contributed by atoms with E-state index < -0.39 is 0 Å². The van der Waals surface area contributed by atoms with E-state index in [4.69, 9.17) is 23.2 Å². The predicted octanol–water partition coefficient (Wildman–Crippen LogP) is 5.48. The summed E-state index contributed by atoms with van der Waals surface area (Å²) in [5.41, 5.74) is 2.33. The summed E-state index contributed by atoms with van der Waals surface area (Å²) in [7, 11) is 2.11. The standard InChI is InChI=1S/C23H25Cl2N5.ClH/c1-29-21(23(9-10-23)17-5-3-2-4-6-17)27-28-22(29)30-11-7-16(8-12-30)13-20-19(25)14-18(24)15-26-20;/h2-6,14-16H,7-13H2,1H3;1H. The molecule has 0 N–H and O–H groups in total. The summed E-state index contributed by atoms with van der Waals surface area (Å²) in [6.07, 6.45) is 7.03. The van der Waals surface area contributed by atoms with Crippen molar-refractivity contribution in [3.05, 3.63) is 69.7 Å². The second-order valence-electron chi connectivity index (χ2n) is 8.55. The predicted molar refractivity (Wildman–Crippen MR) is 128 cm³/mol. The maximum Gasteiger partial charge on any atom is 0.226 e. The molecule has 5 rings (SSSR count). The number of hydrogen-bond donors (Lipinski definition) is 0. The Balaban J connectivity index is 0.00000231. The molecule has 2 fully saturated rings. The molecular weight excluding hydrogens is 453 g/mol. The largest absolute Gasteiger partial charge is 0.341 e. The van der Waals surface area contributed by atoms with Gasteiger partial charge in [0.25, 0.3) is 0 Å². The summed E-state index contributed by atoms with van der Waals surface area (Å²) in [6, 6.07) is 12.5. The molecule has 0 bridgehead atoms. The minimum absolute atomic E-state index is 0. The molecule has 3 aromatic rings. The van der Waals surface area contributed by atoms with Crippen molar-refractivity contribution in [1.29, 1.82) is 0 Å². The Morgan fingerprint density at radius 3 is 2.42 bits per heavy atom. The number of piperidine rings is 1. The lowest BCUT2D eigenvalue weighted by molar-refractivity contribution is 0.396. The molecule has 164 valence electrons. The minimum atomic E-state index is 0. The molecule has 1 saturated carbocycles. The van der Waals surface area contributed by atoms with Crippen molar-refractivity contribution >= 4 is 41.6 Å². The van der Waals surface area contributed by atoms with Crippen LogP contribution in [0.5, 0.6) is 0 Å². The van der Waals surface area contributed by atoms with Gasteiger partial charge in [-0.1, -0.05) is 53.5 Å². The van der Waals surface area contributed by atoms with Gasteiger partial charge < -0.3 is 4.90 Å². The van der Waals surface area contributed by atoms with Crippen LogP contribution in [-0.2, 0) is 18.9 Å². The van der Waals surface area contributed by atoms with E-state index in [9.17, 15) is 0 Å². The average molecular weight is 479 g/mol. The topological polar surface area (TPSA) is 46.8 Å². The van der Waals surface area contributed by atoms with Gasteiger partial charge in [0.05, 0.1) is 21.2 Å². The molecule has 5 nitrogen and oxygen atoms in total. The summed E-state index contributed by atoms with van der Waals surface area (Å²) in [5.74, 6) is 2.63. The molecule has 31 heavy (non-hydrogen) atoms. The Hall–Kier alpha value is -1.82. The molecule has 0 atom stereocenters. The number of rotatable bonds is 5. The SMILES string of the molecule is Cl.Cn1c(N2CCC(Cc3ncc(Cl)cc3Cl)CC2)nnc1C1(c2ccccc2)CC1. The average Bonchev–Trinajstić information content (AvgIpc) is 3.48. The highest BCUT2D eigenvalue weighted by molar-refractivity contribution is 6.34. The van der Waals surface area contributed by atoms with Gasteiger partial charge in [-0.3, -0.25) is 9.55 Å². The van der Waals surface area contributed by atoms with Crippen LogP contribution < -0.4 is 4.90 Å². The van der Waals surface area contributed by atoms with E-state index in [0.29, 0.717) is 16.0 Å². The molecule has 1 aliphatic carbocycles. The Kier molecular flexibility index (Phi) is 6.47. The number of anilines is 1. The van der Waals surface area contributed by atoms with E-state index in [-0.39, 0.29) is 17.8 Å². The van der Waals surface area contributed by atoms with Crippen molar-refractivity contribution in [2.45, 2.75) is 37.5 Å². The van der Waals surface area contributed by atoms with Crippen molar-refractivity contribution < 1.29 is 0 Å². The van der Waals surface area contributed by atoms with Crippen LogP contribution in [0.4, 0.5) is 5.95 Å². The Morgan fingerprint density at radius 1 is 1.06 bits per heavy atom. The molecule has 1 aliphatic heterocycles. The maximum absolute atomic E-state index is 6.32. The first-order chi connectivity index (χ1) is 14.6. The van der Waals surface area contributed by atoms with Gasteiger partial charge >= 0.3 is 0 Å². The molecular formula is C23H26Cl3N5. The normalized spacial score (nSPS) is 18.0. The van der Waals surface area contributed by atoms with Crippen molar-refractivity contribution in [2.24, 2.45) is 13.0 Å². The lowest BCUT2D eigenvalue weighted by Gasteiger charge is -2.32. The fourth-order valence-electron chi connectivity index (χ4n) is 4.74. The number of pyridine rings is 1. The highest BCUT2D eigenvalue weighted by Crippen LogP contribution is 2.53. The van der Waals surface area contributed by atoms with Crippen LogP contribution in [-0.4, -0.2) is 32.8 Å². The third-order valence-corrected chi connectivity index (χ3v) is 7.15. The van der Waals surface area contributed by atoms with Gasteiger partial charge in [-0.2, -0.15) is 0 Å². The van der Waals surface area contributed by atoms with Crippen LogP contribution in [0.1, 0.15) is 42.8 Å². The van der Waals surface area contributed by atoms with Crippen LogP contribution >= 0.6 is 35.6 Å². The summed E-state index contributed by atoms with van der Waals surface area (Å²) in [5, 5.41) is 10.5. The highest BCUT2D eigenvalue weighted by atomic mass is 35.5. The van der Waals surface area contributed by atoms with Crippen molar-refractivity contribution in [3.8, 4) is 0 Å². The minimum Gasteiger partial charge on any atom is -0.341 e. The monoisotopic (exact) mass is 477 g/mol. The maximum atomic E-state index is 6.32. The molecule has 2 aromatic heterocycles. The Morgan fingerprint density at radius 2 is 1.77 bits per heavy atom. The van der Waals surface area contributed by atoms with E-state index in [1.165, 1.54) is 5.56 Å². The van der Waals surface area contributed by atoms with Gasteiger partial charge in [0, 0.05) is 26.3 Å². The lowest BCUT2D eigenvalue weighted by atomic mass is 9.92. The fraction of sp³-hybridized carbons (Fsp3) is 0.435. The molecule has 0 amide bonds. The highest BCUT2D eigenvalue weighted by Gasteiger charge is 2.50. The zero-order chi connectivity index (χ0) is 20.7.